The van der Waals surface area contributed by atoms with E-state index in [1.54, 1.807) is 7.11 Å². The maximum absolute atomic E-state index is 11.4. The summed E-state index contributed by atoms with van der Waals surface area (Å²) in [5.74, 6) is 0.0222. The third-order valence-electron chi connectivity index (χ3n) is 3.46. The monoisotopic (exact) mass is 220 g/mol. The minimum atomic E-state index is -0.716. The van der Waals surface area contributed by atoms with Crippen molar-refractivity contribution in [2.45, 2.75) is 31.6 Å². The van der Waals surface area contributed by atoms with Crippen LogP contribution < -0.4 is 4.74 Å². The van der Waals surface area contributed by atoms with Crippen molar-refractivity contribution in [3.63, 3.8) is 0 Å². The van der Waals surface area contributed by atoms with E-state index in [4.69, 9.17) is 4.74 Å². The van der Waals surface area contributed by atoms with Gasteiger partial charge in [0.2, 0.25) is 0 Å². The molecule has 16 heavy (non-hydrogen) atoms. The predicted octanol–water partition coefficient (Wildman–Crippen LogP) is 2.51. The molecule has 1 aliphatic carbocycles. The van der Waals surface area contributed by atoms with Gasteiger partial charge in [0, 0.05) is 0 Å². The van der Waals surface area contributed by atoms with Crippen LogP contribution in [0.4, 0.5) is 0 Å². The summed E-state index contributed by atoms with van der Waals surface area (Å²) in [7, 11) is 1.60. The van der Waals surface area contributed by atoms with Crippen LogP contribution in [0.15, 0.2) is 18.2 Å². The van der Waals surface area contributed by atoms with Crippen molar-refractivity contribution in [2.24, 2.45) is 0 Å². The van der Waals surface area contributed by atoms with Gasteiger partial charge in [0.25, 0.3) is 0 Å². The van der Waals surface area contributed by atoms with Gasteiger partial charge in [0.1, 0.15) is 5.75 Å². The molecule has 0 heterocycles. The highest BCUT2D eigenvalue weighted by atomic mass is 16.5. The number of benzene rings is 1. The van der Waals surface area contributed by atoms with Crippen molar-refractivity contribution in [3.8, 4) is 5.75 Å². The van der Waals surface area contributed by atoms with Gasteiger partial charge in [0.05, 0.1) is 12.5 Å². The first-order chi connectivity index (χ1) is 7.58. The molecule has 0 radical (unpaired) electrons. The molecule has 1 aromatic carbocycles. The molecule has 3 heteroatoms. The van der Waals surface area contributed by atoms with Crippen LogP contribution in [0.2, 0.25) is 0 Å². The fraction of sp³-hybridized carbons (Fsp3) is 0.462. The first-order valence-electron chi connectivity index (χ1n) is 5.48. The molecule has 1 aromatic rings. The van der Waals surface area contributed by atoms with E-state index in [9.17, 15) is 9.90 Å². The van der Waals surface area contributed by atoms with Gasteiger partial charge in [-0.25, -0.2) is 0 Å². The molecule has 0 aromatic heterocycles. The van der Waals surface area contributed by atoms with Crippen LogP contribution in [-0.2, 0) is 10.2 Å². The van der Waals surface area contributed by atoms with E-state index >= 15 is 0 Å². The molecule has 1 saturated carbocycles. The van der Waals surface area contributed by atoms with Gasteiger partial charge in [-0.15, -0.1) is 0 Å². The third-order valence-corrected chi connectivity index (χ3v) is 3.46. The number of rotatable bonds is 3. The predicted molar refractivity (Wildman–Crippen MR) is 60.9 cm³/mol. The highest BCUT2D eigenvalue weighted by Crippen LogP contribution is 2.45. The normalized spacial score (nSPS) is 17.6. The zero-order chi connectivity index (χ0) is 11.8. The lowest BCUT2D eigenvalue weighted by molar-refractivity contribution is -0.147. The molecule has 3 nitrogen and oxygen atoms in total. The van der Waals surface area contributed by atoms with E-state index in [2.05, 4.69) is 0 Å². The molecule has 0 bridgehead atoms. The summed E-state index contributed by atoms with van der Waals surface area (Å²) in [5, 5.41) is 9.35. The van der Waals surface area contributed by atoms with Crippen molar-refractivity contribution in [1.29, 1.82) is 0 Å². The Bertz CT molecular complexity index is 419. The second-order valence-electron chi connectivity index (χ2n) is 4.48. The maximum Gasteiger partial charge on any atom is 0.314 e. The van der Waals surface area contributed by atoms with Gasteiger partial charge in [-0.3, -0.25) is 4.79 Å². The second kappa shape index (κ2) is 3.81. The molecule has 1 aliphatic rings. The van der Waals surface area contributed by atoms with E-state index in [0.29, 0.717) is 0 Å². The van der Waals surface area contributed by atoms with Crippen LogP contribution in [0.5, 0.6) is 5.75 Å². The summed E-state index contributed by atoms with van der Waals surface area (Å²) in [6, 6.07) is 5.72. The summed E-state index contributed by atoms with van der Waals surface area (Å²) in [4.78, 5) is 11.4. The van der Waals surface area contributed by atoms with Gasteiger partial charge in [-0.1, -0.05) is 12.5 Å². The molecule has 0 unspecified atom stereocenters. The van der Waals surface area contributed by atoms with Crippen LogP contribution in [0.1, 0.15) is 30.4 Å². The van der Waals surface area contributed by atoms with Crippen molar-refractivity contribution in [2.75, 3.05) is 7.11 Å². The van der Waals surface area contributed by atoms with Crippen molar-refractivity contribution >= 4 is 5.97 Å². The lowest BCUT2D eigenvalue weighted by Gasteiger charge is -2.38. The van der Waals surface area contributed by atoms with Crippen molar-refractivity contribution < 1.29 is 14.6 Å². The molecule has 1 N–H and O–H groups in total. The average Bonchev–Trinajstić information content (AvgIpc) is 2.14. The highest BCUT2D eigenvalue weighted by molar-refractivity contribution is 5.82. The number of ether oxygens (including phenoxy) is 1. The number of hydrogen-bond acceptors (Lipinski definition) is 2. The third kappa shape index (κ3) is 1.56. The summed E-state index contributed by atoms with van der Waals surface area (Å²) >= 11 is 0. The largest absolute Gasteiger partial charge is 0.497 e. The smallest absolute Gasteiger partial charge is 0.314 e. The minimum Gasteiger partial charge on any atom is -0.497 e. The number of aryl methyl sites for hydroxylation is 1. The Balaban J connectivity index is 2.46. The van der Waals surface area contributed by atoms with E-state index in [1.807, 2.05) is 25.1 Å². The maximum atomic E-state index is 11.4. The molecular formula is C13H16O3. The summed E-state index contributed by atoms with van der Waals surface area (Å²) in [5.41, 5.74) is 1.25. The van der Waals surface area contributed by atoms with Crippen molar-refractivity contribution in [1.82, 2.24) is 0 Å². The topological polar surface area (TPSA) is 46.5 Å². The van der Waals surface area contributed by atoms with Crippen LogP contribution >= 0.6 is 0 Å². The molecule has 2 rings (SSSR count). The number of hydrogen-bond donors (Lipinski definition) is 1. The SMILES string of the molecule is COc1cc(C)cc(C2(C(=O)O)CCC2)c1. The lowest BCUT2D eigenvalue weighted by Crippen LogP contribution is -2.42. The van der Waals surface area contributed by atoms with Gasteiger partial charge in [0.15, 0.2) is 0 Å². The highest BCUT2D eigenvalue weighted by Gasteiger charge is 2.46. The zero-order valence-corrected chi connectivity index (χ0v) is 9.62. The summed E-state index contributed by atoms with van der Waals surface area (Å²) < 4.78 is 5.19. The standard InChI is InChI=1S/C13H16O3/c1-9-6-10(8-11(7-9)16-2)13(12(14)15)4-3-5-13/h6-8H,3-5H2,1-2H3,(H,14,15). The van der Waals surface area contributed by atoms with Crippen LogP contribution in [0.25, 0.3) is 0 Å². The molecular weight excluding hydrogens is 204 g/mol. The van der Waals surface area contributed by atoms with Gasteiger partial charge in [-0.05, 0) is 43.0 Å². The van der Waals surface area contributed by atoms with Crippen molar-refractivity contribution in [3.05, 3.63) is 29.3 Å². The number of aliphatic carboxylic acids is 1. The molecule has 86 valence electrons. The number of carboxylic acid groups (broad SMARTS) is 1. The summed E-state index contributed by atoms with van der Waals surface area (Å²) in [6.45, 7) is 1.96. The van der Waals surface area contributed by atoms with E-state index < -0.39 is 11.4 Å². The Labute approximate surface area is 95.0 Å². The number of carbonyl (C=O) groups is 1. The number of methoxy groups -OCH3 is 1. The van der Waals surface area contributed by atoms with Gasteiger partial charge >= 0.3 is 5.97 Å². The van der Waals surface area contributed by atoms with E-state index in [1.165, 1.54) is 0 Å². The molecule has 0 saturated heterocycles. The Morgan fingerprint density at radius 3 is 2.50 bits per heavy atom. The molecule has 0 amide bonds. The minimum absolute atomic E-state index is 0.667. The fourth-order valence-electron chi connectivity index (χ4n) is 2.30. The quantitative estimate of drug-likeness (QED) is 0.851. The first kappa shape index (κ1) is 11.0. The Morgan fingerprint density at radius 2 is 2.06 bits per heavy atom. The van der Waals surface area contributed by atoms with Crippen LogP contribution in [0.3, 0.4) is 0 Å². The Kier molecular flexibility index (Phi) is 2.62. The molecule has 1 fully saturated rings. The Hall–Kier alpha value is -1.51. The van der Waals surface area contributed by atoms with Crippen LogP contribution in [0, 0.1) is 6.92 Å². The van der Waals surface area contributed by atoms with E-state index in [-0.39, 0.29) is 0 Å². The number of carboxylic acids is 1. The molecule has 0 aliphatic heterocycles. The Morgan fingerprint density at radius 1 is 1.38 bits per heavy atom. The fourth-order valence-corrected chi connectivity index (χ4v) is 2.30. The molecule has 0 atom stereocenters. The van der Waals surface area contributed by atoms with E-state index in [0.717, 1.165) is 36.1 Å². The van der Waals surface area contributed by atoms with Gasteiger partial charge < -0.3 is 9.84 Å². The summed E-state index contributed by atoms with van der Waals surface area (Å²) in [6.07, 6.45) is 2.45. The first-order valence-corrected chi connectivity index (χ1v) is 5.48. The van der Waals surface area contributed by atoms with Crippen LogP contribution in [-0.4, -0.2) is 18.2 Å². The average molecular weight is 220 g/mol. The second-order valence-corrected chi connectivity index (χ2v) is 4.48. The lowest BCUT2D eigenvalue weighted by atomic mass is 9.64. The zero-order valence-electron chi connectivity index (χ0n) is 9.62. The van der Waals surface area contributed by atoms with Gasteiger partial charge in [-0.2, -0.15) is 0 Å². The molecule has 0 spiro atoms.